The van der Waals surface area contributed by atoms with E-state index in [9.17, 15) is 4.79 Å². The van der Waals surface area contributed by atoms with Crippen LogP contribution < -0.4 is 10.1 Å². The monoisotopic (exact) mass is 232 g/mol. The van der Waals surface area contributed by atoms with E-state index in [0.717, 1.165) is 5.56 Å². The van der Waals surface area contributed by atoms with Crippen LogP contribution in [-0.2, 0) is 11.2 Å². The van der Waals surface area contributed by atoms with Gasteiger partial charge in [-0.1, -0.05) is 12.1 Å². The third kappa shape index (κ3) is 4.15. The summed E-state index contributed by atoms with van der Waals surface area (Å²) in [6.07, 6.45) is -0.136. The Hall–Kier alpha value is -2.02. The van der Waals surface area contributed by atoms with Gasteiger partial charge in [0, 0.05) is 6.54 Å². The summed E-state index contributed by atoms with van der Waals surface area (Å²) in [4.78, 5) is 11.4. The van der Waals surface area contributed by atoms with Crippen LogP contribution >= 0.6 is 0 Å². The van der Waals surface area contributed by atoms with Crippen LogP contribution in [0.25, 0.3) is 0 Å². The molecule has 4 heteroatoms. The number of likely N-dealkylation sites (N-methyl/N-ethyl adjacent to an activating group) is 1. The lowest BCUT2D eigenvalue weighted by atomic mass is 10.2. The standard InChI is InChI=1S/C13H16N2O2/c1-3-15-13(16)10(2)17-12-6-4-11(5-7-12)8-9-14/h4-7,10H,3,8H2,1-2H3,(H,15,16). The van der Waals surface area contributed by atoms with Crippen molar-refractivity contribution in [3.63, 3.8) is 0 Å². The molecule has 17 heavy (non-hydrogen) atoms. The summed E-state index contributed by atoms with van der Waals surface area (Å²) in [5.74, 6) is 0.499. The average molecular weight is 232 g/mol. The lowest BCUT2D eigenvalue weighted by Crippen LogP contribution is -2.36. The second-order valence-electron chi connectivity index (χ2n) is 3.63. The molecule has 0 fully saturated rings. The zero-order valence-electron chi connectivity index (χ0n) is 10.1. The highest BCUT2D eigenvalue weighted by molar-refractivity contribution is 5.80. The SMILES string of the molecule is CCNC(=O)C(C)Oc1ccc(CC#N)cc1. The van der Waals surface area contributed by atoms with E-state index in [0.29, 0.717) is 18.7 Å². The second-order valence-corrected chi connectivity index (χ2v) is 3.63. The van der Waals surface area contributed by atoms with Crippen molar-refractivity contribution in [3.8, 4) is 11.8 Å². The largest absolute Gasteiger partial charge is 0.481 e. The molecule has 0 aliphatic rings. The number of hydrogen-bond acceptors (Lipinski definition) is 3. The number of carbonyl (C=O) groups excluding carboxylic acids is 1. The van der Waals surface area contributed by atoms with Crippen LogP contribution in [0.4, 0.5) is 0 Å². The van der Waals surface area contributed by atoms with E-state index < -0.39 is 6.10 Å². The summed E-state index contributed by atoms with van der Waals surface area (Å²) >= 11 is 0. The first-order chi connectivity index (χ1) is 8.17. The molecule has 1 atom stereocenters. The molecule has 0 aliphatic carbocycles. The fraction of sp³-hybridized carbons (Fsp3) is 0.385. The Morgan fingerprint density at radius 1 is 1.47 bits per heavy atom. The minimum atomic E-state index is -0.517. The van der Waals surface area contributed by atoms with Crippen LogP contribution in [0.2, 0.25) is 0 Å². The Morgan fingerprint density at radius 3 is 2.65 bits per heavy atom. The highest BCUT2D eigenvalue weighted by atomic mass is 16.5. The number of nitrogens with one attached hydrogen (secondary N) is 1. The van der Waals surface area contributed by atoms with Crippen LogP contribution in [0.3, 0.4) is 0 Å². The van der Waals surface area contributed by atoms with E-state index in [-0.39, 0.29) is 5.91 Å². The van der Waals surface area contributed by atoms with Gasteiger partial charge in [-0.05, 0) is 31.5 Å². The van der Waals surface area contributed by atoms with Gasteiger partial charge in [-0.3, -0.25) is 4.79 Å². The maximum atomic E-state index is 11.4. The molecule has 0 saturated carbocycles. The van der Waals surface area contributed by atoms with Gasteiger partial charge in [0.1, 0.15) is 5.75 Å². The quantitative estimate of drug-likeness (QED) is 0.839. The summed E-state index contributed by atoms with van der Waals surface area (Å²) in [6, 6.07) is 9.25. The van der Waals surface area contributed by atoms with Crippen molar-refractivity contribution in [2.75, 3.05) is 6.54 Å². The molecule has 1 N–H and O–H groups in total. The zero-order chi connectivity index (χ0) is 12.7. The lowest BCUT2D eigenvalue weighted by molar-refractivity contribution is -0.127. The van der Waals surface area contributed by atoms with Crippen molar-refractivity contribution in [3.05, 3.63) is 29.8 Å². The molecule has 90 valence electrons. The van der Waals surface area contributed by atoms with Crippen molar-refractivity contribution in [1.29, 1.82) is 5.26 Å². The number of hydrogen-bond donors (Lipinski definition) is 1. The number of benzene rings is 1. The van der Waals surface area contributed by atoms with Crippen molar-refractivity contribution < 1.29 is 9.53 Å². The Bertz CT molecular complexity index is 406. The summed E-state index contributed by atoms with van der Waals surface area (Å²) in [5, 5.41) is 11.2. The van der Waals surface area contributed by atoms with E-state index in [1.165, 1.54) is 0 Å². The predicted molar refractivity (Wildman–Crippen MR) is 64.5 cm³/mol. The molecule has 1 aromatic rings. The maximum absolute atomic E-state index is 11.4. The molecule has 0 heterocycles. The van der Waals surface area contributed by atoms with Gasteiger partial charge in [-0.25, -0.2) is 0 Å². The van der Waals surface area contributed by atoms with Crippen LogP contribution in [0, 0.1) is 11.3 Å². The van der Waals surface area contributed by atoms with Gasteiger partial charge in [0.2, 0.25) is 0 Å². The number of ether oxygens (including phenoxy) is 1. The normalized spacial score (nSPS) is 11.4. The summed E-state index contributed by atoms with van der Waals surface area (Å²) in [6.45, 7) is 4.16. The van der Waals surface area contributed by atoms with Crippen molar-refractivity contribution in [2.45, 2.75) is 26.4 Å². The molecule has 0 saturated heterocycles. The molecule has 0 bridgehead atoms. The van der Waals surface area contributed by atoms with E-state index in [1.54, 1.807) is 19.1 Å². The minimum absolute atomic E-state index is 0.131. The molecular formula is C13H16N2O2. The van der Waals surface area contributed by atoms with Gasteiger partial charge in [-0.2, -0.15) is 5.26 Å². The Balaban J connectivity index is 2.57. The van der Waals surface area contributed by atoms with Crippen molar-refractivity contribution >= 4 is 5.91 Å². The minimum Gasteiger partial charge on any atom is -0.481 e. The van der Waals surface area contributed by atoms with Crippen molar-refractivity contribution in [1.82, 2.24) is 5.32 Å². The summed E-state index contributed by atoms with van der Waals surface area (Å²) in [5.41, 5.74) is 0.936. The first kappa shape index (κ1) is 13.0. The van der Waals surface area contributed by atoms with E-state index in [2.05, 4.69) is 11.4 Å². The number of nitriles is 1. The number of carbonyl (C=O) groups is 1. The predicted octanol–water partition coefficient (Wildman–Crippen LogP) is 1.66. The molecule has 1 amide bonds. The summed E-state index contributed by atoms with van der Waals surface area (Å²) < 4.78 is 5.47. The number of amides is 1. The average Bonchev–Trinajstić information content (AvgIpc) is 2.32. The third-order valence-corrected chi connectivity index (χ3v) is 2.24. The molecule has 1 rings (SSSR count). The van der Waals surface area contributed by atoms with Gasteiger partial charge in [0.25, 0.3) is 5.91 Å². The smallest absolute Gasteiger partial charge is 0.260 e. The molecule has 4 nitrogen and oxygen atoms in total. The van der Waals surface area contributed by atoms with Crippen LogP contribution in [0.15, 0.2) is 24.3 Å². The molecule has 0 aliphatic heterocycles. The molecule has 0 spiro atoms. The van der Waals surface area contributed by atoms with Gasteiger partial charge in [-0.15, -0.1) is 0 Å². The highest BCUT2D eigenvalue weighted by Gasteiger charge is 2.12. The summed E-state index contributed by atoms with van der Waals surface area (Å²) in [7, 11) is 0. The van der Waals surface area contributed by atoms with Gasteiger partial charge >= 0.3 is 0 Å². The third-order valence-electron chi connectivity index (χ3n) is 2.24. The van der Waals surface area contributed by atoms with E-state index in [4.69, 9.17) is 10.00 Å². The Morgan fingerprint density at radius 2 is 2.12 bits per heavy atom. The van der Waals surface area contributed by atoms with Crippen LogP contribution in [0.1, 0.15) is 19.4 Å². The molecule has 1 aromatic carbocycles. The highest BCUT2D eigenvalue weighted by Crippen LogP contribution is 2.14. The fourth-order valence-corrected chi connectivity index (χ4v) is 1.35. The Labute approximate surface area is 101 Å². The fourth-order valence-electron chi connectivity index (χ4n) is 1.35. The number of nitrogens with zero attached hydrogens (tertiary/aromatic N) is 1. The second kappa shape index (κ2) is 6.54. The Kier molecular flexibility index (Phi) is 5.02. The molecule has 1 unspecified atom stereocenters. The molecule has 0 aromatic heterocycles. The molecular weight excluding hydrogens is 216 g/mol. The first-order valence-corrected chi connectivity index (χ1v) is 5.57. The van der Waals surface area contributed by atoms with E-state index >= 15 is 0 Å². The lowest BCUT2D eigenvalue weighted by Gasteiger charge is -2.14. The van der Waals surface area contributed by atoms with Crippen molar-refractivity contribution in [2.24, 2.45) is 0 Å². The van der Waals surface area contributed by atoms with E-state index in [1.807, 2.05) is 19.1 Å². The van der Waals surface area contributed by atoms with Gasteiger partial charge in [0.05, 0.1) is 12.5 Å². The first-order valence-electron chi connectivity index (χ1n) is 5.57. The van der Waals surface area contributed by atoms with Gasteiger partial charge < -0.3 is 10.1 Å². The van der Waals surface area contributed by atoms with Gasteiger partial charge in [0.15, 0.2) is 6.10 Å². The zero-order valence-corrected chi connectivity index (χ0v) is 10.1. The molecule has 0 radical (unpaired) electrons. The topological polar surface area (TPSA) is 62.1 Å². The number of rotatable bonds is 5. The van der Waals surface area contributed by atoms with Crippen LogP contribution in [-0.4, -0.2) is 18.6 Å². The van der Waals surface area contributed by atoms with Crippen LogP contribution in [0.5, 0.6) is 5.75 Å². The maximum Gasteiger partial charge on any atom is 0.260 e.